The van der Waals surface area contributed by atoms with Gasteiger partial charge in [-0.2, -0.15) is 0 Å². The molecule has 1 aliphatic heterocycles. The highest BCUT2D eigenvalue weighted by Gasteiger charge is 2.27. The molecule has 1 aliphatic rings. The van der Waals surface area contributed by atoms with Crippen LogP contribution in [0.2, 0.25) is 0 Å². The van der Waals surface area contributed by atoms with Crippen LogP contribution in [0.3, 0.4) is 0 Å². The molecule has 1 heterocycles. The molecule has 0 spiro atoms. The first-order chi connectivity index (χ1) is 10.3. The van der Waals surface area contributed by atoms with Crippen molar-refractivity contribution in [2.45, 2.75) is 52.3 Å². The Hall–Kier alpha value is -1.55. The molecule has 0 aliphatic carbocycles. The topological polar surface area (TPSA) is 32.8 Å². The Bertz CT molecular complexity index is 482. The number of ether oxygens (including phenoxy) is 1. The van der Waals surface area contributed by atoms with Gasteiger partial charge in [0.2, 0.25) is 0 Å². The normalized spacial score (nSPS) is 20.5. The van der Waals surface area contributed by atoms with Crippen molar-refractivity contribution in [3.63, 3.8) is 0 Å². The Morgan fingerprint density at radius 1 is 1.23 bits per heavy atom. The van der Waals surface area contributed by atoms with Crippen molar-refractivity contribution in [3.05, 3.63) is 35.9 Å². The predicted octanol–water partition coefficient (Wildman–Crippen LogP) is 3.52. The summed E-state index contributed by atoms with van der Waals surface area (Å²) < 4.78 is 5.50. The van der Waals surface area contributed by atoms with Crippen molar-refractivity contribution in [2.24, 2.45) is 0 Å². The third-order valence-corrected chi connectivity index (χ3v) is 3.86. The lowest BCUT2D eigenvalue weighted by molar-refractivity contribution is 0.0235. The Kier molecular flexibility index (Phi) is 5.46. The van der Waals surface area contributed by atoms with E-state index in [9.17, 15) is 4.79 Å². The first-order valence-electron chi connectivity index (χ1n) is 8.11. The van der Waals surface area contributed by atoms with Gasteiger partial charge >= 0.3 is 6.09 Å². The van der Waals surface area contributed by atoms with Gasteiger partial charge in [0.05, 0.1) is 0 Å². The monoisotopic (exact) mass is 304 g/mol. The van der Waals surface area contributed by atoms with Crippen molar-refractivity contribution < 1.29 is 9.53 Å². The molecule has 1 saturated heterocycles. The number of hydrogen-bond acceptors (Lipinski definition) is 3. The van der Waals surface area contributed by atoms with Gasteiger partial charge in [-0.25, -0.2) is 4.79 Å². The van der Waals surface area contributed by atoms with E-state index in [0.29, 0.717) is 6.04 Å². The fraction of sp³-hybridized carbons (Fsp3) is 0.611. The van der Waals surface area contributed by atoms with Crippen LogP contribution in [0.15, 0.2) is 30.3 Å². The van der Waals surface area contributed by atoms with E-state index >= 15 is 0 Å². The lowest BCUT2D eigenvalue weighted by Crippen LogP contribution is -2.42. The molecule has 2 rings (SSSR count). The van der Waals surface area contributed by atoms with E-state index in [-0.39, 0.29) is 6.09 Å². The molecule has 4 nitrogen and oxygen atoms in total. The molecule has 0 aromatic heterocycles. The molecular formula is C18H28N2O2. The zero-order valence-corrected chi connectivity index (χ0v) is 14.2. The standard InChI is InChI=1S/C18H28N2O2/c1-15-13-20(17(21)22-18(2,3)4)12-8-11-19(15)14-16-9-6-5-7-10-16/h5-7,9-10,15H,8,11-14H2,1-4H3/t15-/m0/s1. The Morgan fingerprint density at radius 2 is 1.91 bits per heavy atom. The molecule has 1 aromatic rings. The summed E-state index contributed by atoms with van der Waals surface area (Å²) in [5.74, 6) is 0. The second kappa shape index (κ2) is 7.14. The third kappa shape index (κ3) is 5.02. The van der Waals surface area contributed by atoms with Crippen molar-refractivity contribution in [1.82, 2.24) is 9.80 Å². The summed E-state index contributed by atoms with van der Waals surface area (Å²) in [6.45, 7) is 11.4. The van der Waals surface area contributed by atoms with Crippen LogP contribution in [0, 0.1) is 0 Å². The van der Waals surface area contributed by atoms with E-state index in [0.717, 1.165) is 32.6 Å². The van der Waals surface area contributed by atoms with Crippen LogP contribution in [0.5, 0.6) is 0 Å². The number of carbonyl (C=O) groups is 1. The molecule has 0 radical (unpaired) electrons. The SMILES string of the molecule is C[C@H]1CN(C(=O)OC(C)(C)C)CCCN1Cc1ccccc1. The van der Waals surface area contributed by atoms with E-state index in [1.165, 1.54) is 5.56 Å². The lowest BCUT2D eigenvalue weighted by Gasteiger charge is -2.30. The third-order valence-electron chi connectivity index (χ3n) is 3.86. The minimum absolute atomic E-state index is 0.194. The highest BCUT2D eigenvalue weighted by molar-refractivity contribution is 5.68. The molecule has 0 N–H and O–H groups in total. The Morgan fingerprint density at radius 3 is 2.55 bits per heavy atom. The second-order valence-corrected chi connectivity index (χ2v) is 7.09. The second-order valence-electron chi connectivity index (χ2n) is 7.09. The fourth-order valence-electron chi connectivity index (χ4n) is 2.76. The average Bonchev–Trinajstić information content (AvgIpc) is 2.61. The number of amides is 1. The number of hydrogen-bond donors (Lipinski definition) is 0. The largest absolute Gasteiger partial charge is 0.444 e. The Balaban J connectivity index is 1.95. The van der Waals surface area contributed by atoms with Crippen molar-refractivity contribution in [1.29, 1.82) is 0 Å². The molecular weight excluding hydrogens is 276 g/mol. The first-order valence-corrected chi connectivity index (χ1v) is 8.11. The summed E-state index contributed by atoms with van der Waals surface area (Å²) in [4.78, 5) is 16.6. The molecule has 1 amide bonds. The van der Waals surface area contributed by atoms with Gasteiger partial charge in [-0.05, 0) is 39.7 Å². The van der Waals surface area contributed by atoms with Gasteiger partial charge in [-0.3, -0.25) is 4.90 Å². The maximum Gasteiger partial charge on any atom is 0.410 e. The van der Waals surface area contributed by atoms with Crippen LogP contribution in [-0.2, 0) is 11.3 Å². The predicted molar refractivity (Wildman–Crippen MR) is 88.7 cm³/mol. The molecule has 0 bridgehead atoms. The zero-order chi connectivity index (χ0) is 16.2. The van der Waals surface area contributed by atoms with Gasteiger partial charge in [0.1, 0.15) is 5.60 Å². The minimum Gasteiger partial charge on any atom is -0.444 e. The quantitative estimate of drug-likeness (QED) is 0.838. The number of nitrogens with zero attached hydrogens (tertiary/aromatic N) is 2. The molecule has 0 unspecified atom stereocenters. The summed E-state index contributed by atoms with van der Waals surface area (Å²) in [5, 5.41) is 0. The van der Waals surface area contributed by atoms with Crippen molar-refractivity contribution in [3.8, 4) is 0 Å². The van der Waals surface area contributed by atoms with Crippen LogP contribution >= 0.6 is 0 Å². The van der Waals surface area contributed by atoms with Crippen molar-refractivity contribution >= 4 is 6.09 Å². The van der Waals surface area contributed by atoms with E-state index in [1.807, 2.05) is 31.7 Å². The molecule has 0 saturated carbocycles. The van der Waals surface area contributed by atoms with Gasteiger partial charge in [-0.15, -0.1) is 0 Å². The van der Waals surface area contributed by atoms with Gasteiger partial charge in [0, 0.05) is 32.2 Å². The highest BCUT2D eigenvalue weighted by Crippen LogP contribution is 2.17. The van der Waals surface area contributed by atoms with Crippen LogP contribution < -0.4 is 0 Å². The van der Waals surface area contributed by atoms with Gasteiger partial charge in [0.15, 0.2) is 0 Å². The maximum atomic E-state index is 12.3. The lowest BCUT2D eigenvalue weighted by atomic mass is 10.2. The molecule has 22 heavy (non-hydrogen) atoms. The smallest absolute Gasteiger partial charge is 0.410 e. The van der Waals surface area contributed by atoms with Crippen LogP contribution in [0.25, 0.3) is 0 Å². The highest BCUT2D eigenvalue weighted by atomic mass is 16.6. The van der Waals surface area contributed by atoms with E-state index in [2.05, 4.69) is 36.1 Å². The van der Waals surface area contributed by atoms with E-state index in [1.54, 1.807) is 0 Å². The fourth-order valence-corrected chi connectivity index (χ4v) is 2.76. The maximum absolute atomic E-state index is 12.3. The van der Waals surface area contributed by atoms with E-state index < -0.39 is 5.60 Å². The van der Waals surface area contributed by atoms with Gasteiger partial charge < -0.3 is 9.64 Å². The molecule has 1 fully saturated rings. The van der Waals surface area contributed by atoms with Crippen LogP contribution in [0.4, 0.5) is 4.79 Å². The minimum atomic E-state index is -0.434. The van der Waals surface area contributed by atoms with Crippen LogP contribution in [-0.4, -0.2) is 47.2 Å². The number of carbonyl (C=O) groups excluding carboxylic acids is 1. The summed E-state index contributed by atoms with van der Waals surface area (Å²) >= 11 is 0. The molecule has 1 atom stereocenters. The summed E-state index contributed by atoms with van der Waals surface area (Å²) in [6.07, 6.45) is 0.789. The van der Waals surface area contributed by atoms with Crippen LogP contribution in [0.1, 0.15) is 39.7 Å². The van der Waals surface area contributed by atoms with Crippen molar-refractivity contribution in [2.75, 3.05) is 19.6 Å². The molecule has 1 aromatic carbocycles. The van der Waals surface area contributed by atoms with E-state index in [4.69, 9.17) is 4.74 Å². The summed E-state index contributed by atoms with van der Waals surface area (Å²) in [7, 11) is 0. The van der Waals surface area contributed by atoms with Gasteiger partial charge in [0.25, 0.3) is 0 Å². The molecule has 122 valence electrons. The first kappa shape index (κ1) is 16.8. The summed E-state index contributed by atoms with van der Waals surface area (Å²) in [6, 6.07) is 10.8. The Labute approximate surface area is 134 Å². The summed E-state index contributed by atoms with van der Waals surface area (Å²) in [5.41, 5.74) is 0.885. The van der Waals surface area contributed by atoms with Gasteiger partial charge in [-0.1, -0.05) is 30.3 Å². The number of benzene rings is 1. The number of rotatable bonds is 2. The zero-order valence-electron chi connectivity index (χ0n) is 14.2. The average molecular weight is 304 g/mol. The molecule has 4 heteroatoms.